The van der Waals surface area contributed by atoms with Crippen molar-refractivity contribution in [3.8, 4) is 11.5 Å². The lowest BCUT2D eigenvalue weighted by atomic mass is 10.1. The molecule has 1 aliphatic heterocycles. The van der Waals surface area contributed by atoms with E-state index in [0.29, 0.717) is 11.3 Å². The number of hydrogen-bond donors (Lipinski definition) is 0. The monoisotopic (exact) mass is 360 g/mol. The lowest BCUT2D eigenvalue weighted by Crippen LogP contribution is -2.23. The van der Waals surface area contributed by atoms with E-state index in [2.05, 4.69) is 15.9 Å². The highest BCUT2D eigenvalue weighted by Crippen LogP contribution is 2.38. The third-order valence-electron chi connectivity index (χ3n) is 3.18. The Bertz CT molecular complexity index is 844. The van der Waals surface area contributed by atoms with Crippen LogP contribution in [0.25, 0.3) is 12.2 Å². The Morgan fingerprint density at radius 1 is 1.09 bits per heavy atom. The third kappa shape index (κ3) is 2.46. The molecular weight excluding hydrogens is 354 g/mol. The maximum atomic E-state index is 11.1. The number of fused-ring (bicyclic) bond motifs is 2. The van der Waals surface area contributed by atoms with Gasteiger partial charge in [0, 0.05) is 15.6 Å². The van der Waals surface area contributed by atoms with Gasteiger partial charge in [-0.15, -0.1) is 0 Å². The van der Waals surface area contributed by atoms with Crippen molar-refractivity contribution in [2.45, 2.75) is 0 Å². The zero-order chi connectivity index (χ0) is 15.9. The van der Waals surface area contributed by atoms with E-state index in [-0.39, 0.29) is 5.75 Å². The predicted molar refractivity (Wildman–Crippen MR) is 80.6 cm³/mol. The minimum atomic E-state index is -1.60. The summed E-state index contributed by atoms with van der Waals surface area (Å²) in [6, 6.07) is 7.60. The Morgan fingerprint density at radius 3 is 2.41 bits per heavy atom. The van der Waals surface area contributed by atoms with Gasteiger partial charge < -0.3 is 14.6 Å². The highest BCUT2D eigenvalue weighted by Gasteiger charge is 2.21. The smallest absolute Gasteiger partial charge is 0.282 e. The standard InChI is InChI=1S/C15H8BrNO5/c16-10-3-4-13-8(5-10)1-2-9-6-11(15(18)19)12(17(20)21)7-14(9)22-13/h1-7H,(H,18,19)/p-1. The zero-order valence-corrected chi connectivity index (χ0v) is 12.5. The molecule has 3 rings (SSSR count). The largest absolute Gasteiger partial charge is 0.545 e. The van der Waals surface area contributed by atoms with Crippen LogP contribution >= 0.6 is 15.9 Å². The second-order valence-corrected chi connectivity index (χ2v) is 5.48. The van der Waals surface area contributed by atoms with E-state index < -0.39 is 22.1 Å². The van der Waals surface area contributed by atoms with Gasteiger partial charge >= 0.3 is 0 Å². The zero-order valence-electron chi connectivity index (χ0n) is 10.9. The molecule has 22 heavy (non-hydrogen) atoms. The van der Waals surface area contributed by atoms with Crippen molar-refractivity contribution in [3.05, 3.63) is 61.6 Å². The summed E-state index contributed by atoms with van der Waals surface area (Å²) in [5.41, 5.74) is 0.150. The first-order chi connectivity index (χ1) is 10.5. The molecule has 1 aliphatic rings. The van der Waals surface area contributed by atoms with Crippen LogP contribution in [0.4, 0.5) is 5.69 Å². The van der Waals surface area contributed by atoms with Gasteiger partial charge in [-0.3, -0.25) is 10.1 Å². The number of benzene rings is 2. The summed E-state index contributed by atoms with van der Waals surface area (Å²) in [4.78, 5) is 21.3. The number of halogens is 1. The van der Waals surface area contributed by atoms with Gasteiger partial charge in [0.05, 0.1) is 22.5 Å². The van der Waals surface area contributed by atoms with Crippen LogP contribution in [0.2, 0.25) is 0 Å². The maximum absolute atomic E-state index is 11.1. The van der Waals surface area contributed by atoms with Crippen LogP contribution in [0, 0.1) is 10.1 Å². The number of nitro benzene ring substituents is 1. The van der Waals surface area contributed by atoms with E-state index in [9.17, 15) is 20.0 Å². The molecule has 0 unspecified atom stereocenters. The molecule has 0 fully saturated rings. The quantitative estimate of drug-likeness (QED) is 0.517. The van der Waals surface area contributed by atoms with E-state index in [0.717, 1.165) is 16.1 Å². The van der Waals surface area contributed by atoms with Crippen molar-refractivity contribution in [3.63, 3.8) is 0 Å². The number of aromatic carboxylic acids is 1. The first kappa shape index (κ1) is 14.3. The Hall–Kier alpha value is -2.67. The van der Waals surface area contributed by atoms with Gasteiger partial charge in [-0.05, 0) is 24.3 Å². The number of carbonyl (C=O) groups is 1. The minimum absolute atomic E-state index is 0.217. The lowest BCUT2D eigenvalue weighted by Gasteiger charge is -2.11. The number of nitro groups is 1. The molecule has 0 saturated carbocycles. The van der Waals surface area contributed by atoms with E-state index in [1.54, 1.807) is 24.3 Å². The highest BCUT2D eigenvalue weighted by molar-refractivity contribution is 9.10. The normalized spacial score (nSPS) is 11.9. The average molecular weight is 361 g/mol. The summed E-state index contributed by atoms with van der Waals surface area (Å²) >= 11 is 3.35. The first-order valence-corrected chi connectivity index (χ1v) is 6.94. The molecule has 7 heteroatoms. The number of carboxylic acid groups (broad SMARTS) is 1. The molecule has 110 valence electrons. The molecule has 0 aliphatic carbocycles. The molecular formula is C15H7BrNO5-. The van der Waals surface area contributed by atoms with Crippen LogP contribution in [0.3, 0.4) is 0 Å². The molecule has 0 spiro atoms. The minimum Gasteiger partial charge on any atom is -0.545 e. The van der Waals surface area contributed by atoms with Gasteiger partial charge in [-0.1, -0.05) is 28.1 Å². The third-order valence-corrected chi connectivity index (χ3v) is 3.67. The summed E-state index contributed by atoms with van der Waals surface area (Å²) in [5, 5.41) is 22.1. The van der Waals surface area contributed by atoms with Gasteiger partial charge in [0.25, 0.3) is 5.69 Å². The number of rotatable bonds is 2. The van der Waals surface area contributed by atoms with Crippen LogP contribution < -0.4 is 9.84 Å². The van der Waals surface area contributed by atoms with Crippen molar-refractivity contribution in [2.75, 3.05) is 0 Å². The first-order valence-electron chi connectivity index (χ1n) is 6.15. The fourth-order valence-electron chi connectivity index (χ4n) is 2.16. The summed E-state index contributed by atoms with van der Waals surface area (Å²) in [6.45, 7) is 0. The van der Waals surface area contributed by atoms with Crippen LogP contribution in [0.5, 0.6) is 11.5 Å². The fourth-order valence-corrected chi connectivity index (χ4v) is 2.54. The molecule has 0 radical (unpaired) electrons. The van der Waals surface area contributed by atoms with E-state index >= 15 is 0 Å². The Kier molecular flexibility index (Phi) is 3.42. The van der Waals surface area contributed by atoms with Crippen molar-refractivity contribution in [1.82, 2.24) is 0 Å². The maximum Gasteiger partial charge on any atom is 0.282 e. The molecule has 0 N–H and O–H groups in total. The van der Waals surface area contributed by atoms with E-state index in [1.807, 2.05) is 6.07 Å². The van der Waals surface area contributed by atoms with Crippen LogP contribution in [-0.4, -0.2) is 10.9 Å². The van der Waals surface area contributed by atoms with Crippen molar-refractivity contribution in [1.29, 1.82) is 0 Å². The molecule has 0 saturated heterocycles. The summed E-state index contributed by atoms with van der Waals surface area (Å²) in [5.74, 6) is -0.866. The topological polar surface area (TPSA) is 92.5 Å². The number of hydrogen-bond acceptors (Lipinski definition) is 5. The Balaban J connectivity index is 2.19. The second-order valence-electron chi connectivity index (χ2n) is 4.57. The Labute approximate surface area is 132 Å². The molecule has 0 atom stereocenters. The van der Waals surface area contributed by atoms with Gasteiger partial charge in [0.15, 0.2) is 0 Å². The number of carboxylic acids is 1. The van der Waals surface area contributed by atoms with Crippen LogP contribution in [0.15, 0.2) is 34.8 Å². The SMILES string of the molecule is O=C([O-])c1cc2c(cc1[N+](=O)[O-])Oc1ccc(Br)cc1C=C2. The Morgan fingerprint density at radius 2 is 1.77 bits per heavy atom. The molecule has 1 heterocycles. The summed E-state index contributed by atoms with van der Waals surface area (Å²) in [6.07, 6.45) is 3.39. The van der Waals surface area contributed by atoms with Crippen molar-refractivity contribution in [2.24, 2.45) is 0 Å². The summed E-state index contributed by atoms with van der Waals surface area (Å²) in [7, 11) is 0. The van der Waals surface area contributed by atoms with Gasteiger partial charge in [0.1, 0.15) is 11.5 Å². The van der Waals surface area contributed by atoms with Crippen molar-refractivity contribution < 1.29 is 19.6 Å². The lowest BCUT2D eigenvalue weighted by molar-refractivity contribution is -0.385. The molecule has 0 aromatic heterocycles. The number of carbonyl (C=O) groups excluding carboxylic acids is 1. The predicted octanol–water partition coefficient (Wildman–Crippen LogP) is 3.00. The van der Waals surface area contributed by atoms with Gasteiger partial charge in [-0.25, -0.2) is 0 Å². The number of nitrogens with zero attached hydrogens (tertiary/aromatic N) is 1. The van der Waals surface area contributed by atoms with Crippen LogP contribution in [-0.2, 0) is 0 Å². The second kappa shape index (κ2) is 5.27. The van der Waals surface area contributed by atoms with Gasteiger partial charge in [0.2, 0.25) is 0 Å². The van der Waals surface area contributed by atoms with Crippen molar-refractivity contribution >= 4 is 39.7 Å². The molecule has 2 aromatic rings. The molecule has 0 amide bonds. The summed E-state index contributed by atoms with van der Waals surface area (Å²) < 4.78 is 6.54. The van der Waals surface area contributed by atoms with Crippen LogP contribution in [0.1, 0.15) is 21.5 Å². The fraction of sp³-hybridized carbons (Fsp3) is 0. The average Bonchev–Trinajstić information content (AvgIpc) is 2.64. The van der Waals surface area contributed by atoms with E-state index in [4.69, 9.17) is 4.74 Å². The molecule has 6 nitrogen and oxygen atoms in total. The molecule has 2 aromatic carbocycles. The van der Waals surface area contributed by atoms with E-state index in [1.165, 1.54) is 6.07 Å². The van der Waals surface area contributed by atoms with Gasteiger partial charge in [-0.2, -0.15) is 0 Å². The molecule has 0 bridgehead atoms. The number of ether oxygens (including phenoxy) is 1. The highest BCUT2D eigenvalue weighted by atomic mass is 79.9.